The molecule has 49 heavy (non-hydrogen) atoms. The first-order valence-electron chi connectivity index (χ1n) is 18.3. The molecule has 11 nitrogen and oxygen atoms in total. The number of carbonyl (C=O) groups is 4. The van der Waals surface area contributed by atoms with Crippen LogP contribution < -0.4 is 16.0 Å². The number of anilines is 1. The summed E-state index contributed by atoms with van der Waals surface area (Å²) in [5.41, 5.74) is -0.348. The summed E-state index contributed by atoms with van der Waals surface area (Å²) in [6.45, 7) is 7.87. The van der Waals surface area contributed by atoms with E-state index in [1.54, 1.807) is 48.7 Å². The van der Waals surface area contributed by atoms with Gasteiger partial charge < -0.3 is 25.8 Å². The van der Waals surface area contributed by atoms with Crippen LogP contribution in [0.4, 0.5) is 10.1 Å². The van der Waals surface area contributed by atoms with Crippen molar-refractivity contribution in [2.24, 2.45) is 5.92 Å². The molecule has 1 saturated heterocycles. The van der Waals surface area contributed by atoms with Crippen LogP contribution in [0.3, 0.4) is 0 Å². The molecule has 3 aliphatic rings. The first kappa shape index (κ1) is 36.5. The number of likely N-dealkylation sites (N-methyl/N-ethyl adjacent to an activating group) is 1. The third-order valence-corrected chi connectivity index (χ3v) is 11.1. The molecule has 2 aliphatic carbocycles. The largest absolute Gasteiger partial charge is 0.344 e. The second kappa shape index (κ2) is 16.3. The van der Waals surface area contributed by atoms with Crippen molar-refractivity contribution in [3.05, 3.63) is 47.5 Å². The molecule has 3 N–H and O–H groups in total. The first-order chi connectivity index (χ1) is 23.5. The lowest BCUT2D eigenvalue weighted by molar-refractivity contribution is -0.138. The fraction of sp³-hybridized carbons (Fsp3) is 0.649. The molecule has 0 radical (unpaired) electrons. The van der Waals surface area contributed by atoms with Crippen LogP contribution >= 0.6 is 0 Å². The van der Waals surface area contributed by atoms with Crippen LogP contribution in [0.2, 0.25) is 0 Å². The average Bonchev–Trinajstić information content (AvgIpc) is 3.74. The lowest BCUT2D eigenvalue weighted by atomic mass is 9.79. The van der Waals surface area contributed by atoms with Gasteiger partial charge in [-0.05, 0) is 69.3 Å². The van der Waals surface area contributed by atoms with E-state index in [-0.39, 0.29) is 41.8 Å². The van der Waals surface area contributed by atoms with E-state index in [1.807, 2.05) is 7.05 Å². The monoisotopic (exact) mass is 679 g/mol. The van der Waals surface area contributed by atoms with Gasteiger partial charge in [0.1, 0.15) is 23.1 Å². The second-order valence-electron chi connectivity index (χ2n) is 14.5. The van der Waals surface area contributed by atoms with E-state index in [0.29, 0.717) is 24.3 Å². The van der Waals surface area contributed by atoms with E-state index >= 15 is 4.39 Å². The maximum Gasteiger partial charge on any atom is 0.270 e. The molecule has 2 saturated carbocycles. The highest BCUT2D eigenvalue weighted by atomic mass is 19.1. The van der Waals surface area contributed by atoms with Gasteiger partial charge in [-0.1, -0.05) is 58.4 Å². The lowest BCUT2D eigenvalue weighted by Crippen LogP contribution is -2.59. The summed E-state index contributed by atoms with van der Waals surface area (Å²) in [7, 11) is 2.00. The highest BCUT2D eigenvalue weighted by Gasteiger charge is 2.44. The molecule has 1 aliphatic heterocycles. The summed E-state index contributed by atoms with van der Waals surface area (Å²) in [6, 6.07) is 5.52. The molecule has 2 heterocycles. The number of benzene rings is 1. The smallest absolute Gasteiger partial charge is 0.270 e. The van der Waals surface area contributed by atoms with Gasteiger partial charge in [0, 0.05) is 44.7 Å². The molecule has 3 atom stereocenters. The SMILES string of the molecule is CCC(=O)N[C@@H](C(=O)N1CCN(C)CC1)[C@@H](C)c1ccc(NC(=O)[C@](C)(NC(=O)c2ccnn2C2CCCC2)C2CCCCCC2)c(F)c1. The van der Waals surface area contributed by atoms with Crippen molar-refractivity contribution in [2.75, 3.05) is 38.5 Å². The summed E-state index contributed by atoms with van der Waals surface area (Å²) < 4.78 is 17.7. The number of aromatic nitrogens is 2. The molecule has 268 valence electrons. The lowest BCUT2D eigenvalue weighted by Gasteiger charge is -2.37. The molecule has 0 unspecified atom stereocenters. The Hall–Kier alpha value is -3.80. The normalized spacial score (nSPS) is 20.6. The highest BCUT2D eigenvalue weighted by molar-refractivity contribution is 6.03. The third-order valence-electron chi connectivity index (χ3n) is 11.1. The van der Waals surface area contributed by atoms with Gasteiger partial charge in [0.25, 0.3) is 5.91 Å². The number of carbonyl (C=O) groups excluding carboxylic acids is 4. The molecule has 12 heteroatoms. The van der Waals surface area contributed by atoms with E-state index in [4.69, 9.17) is 0 Å². The van der Waals surface area contributed by atoms with Crippen molar-refractivity contribution in [1.82, 2.24) is 30.2 Å². The van der Waals surface area contributed by atoms with E-state index < -0.39 is 29.2 Å². The molecule has 4 amide bonds. The van der Waals surface area contributed by atoms with Crippen LogP contribution in [0.5, 0.6) is 0 Å². The van der Waals surface area contributed by atoms with Gasteiger partial charge in [0.15, 0.2) is 0 Å². The molecular formula is C37H54FN7O4. The van der Waals surface area contributed by atoms with Crippen molar-refractivity contribution in [2.45, 2.75) is 115 Å². The van der Waals surface area contributed by atoms with Gasteiger partial charge in [0.2, 0.25) is 17.7 Å². The van der Waals surface area contributed by atoms with Crippen molar-refractivity contribution >= 4 is 29.3 Å². The number of hydrogen-bond donors (Lipinski definition) is 3. The molecule has 2 aromatic rings. The Bertz CT molecular complexity index is 1470. The van der Waals surface area contributed by atoms with Crippen molar-refractivity contribution in [3.8, 4) is 0 Å². The van der Waals surface area contributed by atoms with Gasteiger partial charge in [-0.3, -0.25) is 23.9 Å². The standard InChI is InChI=1S/C37H54FN7O4/c1-5-32(46)41-33(35(48)44-22-20-43(4)21-23-44)25(2)26-16-17-30(29(38)24-26)40-36(49)37(3,27-12-8-6-7-9-13-27)42-34(47)31-18-19-39-45(31)28-14-10-11-15-28/h16-19,24-25,27-28,33H,5-15,20-23H2,1-4H3,(H,40,49)(H,41,46)(H,42,47)/t25-,33+,37+/m0/s1. The Morgan fingerprint density at radius 2 is 1.61 bits per heavy atom. The van der Waals surface area contributed by atoms with Crippen molar-refractivity contribution in [3.63, 3.8) is 0 Å². The maximum absolute atomic E-state index is 15.9. The average molecular weight is 680 g/mol. The maximum atomic E-state index is 15.9. The highest BCUT2D eigenvalue weighted by Crippen LogP contribution is 2.35. The van der Waals surface area contributed by atoms with E-state index in [1.165, 1.54) is 12.1 Å². The van der Waals surface area contributed by atoms with Crippen molar-refractivity contribution < 1.29 is 23.6 Å². The van der Waals surface area contributed by atoms with E-state index in [9.17, 15) is 19.2 Å². The van der Waals surface area contributed by atoms with E-state index in [0.717, 1.165) is 77.3 Å². The molecule has 0 spiro atoms. The van der Waals surface area contributed by atoms with Gasteiger partial charge in [-0.2, -0.15) is 5.10 Å². The summed E-state index contributed by atoms with van der Waals surface area (Å²) in [6.07, 6.45) is 11.6. The zero-order valence-corrected chi connectivity index (χ0v) is 29.6. The minimum absolute atomic E-state index is 0.00872. The predicted molar refractivity (Wildman–Crippen MR) is 187 cm³/mol. The molecule has 5 rings (SSSR count). The fourth-order valence-electron chi connectivity index (χ4n) is 7.69. The van der Waals surface area contributed by atoms with Crippen LogP contribution in [0, 0.1) is 11.7 Å². The number of hydrogen-bond acceptors (Lipinski definition) is 6. The number of rotatable bonds is 11. The number of piperazine rings is 1. The zero-order chi connectivity index (χ0) is 35.1. The van der Waals surface area contributed by atoms with Crippen LogP contribution in [-0.2, 0) is 14.4 Å². The molecule has 3 fully saturated rings. The number of nitrogens with zero attached hydrogens (tertiary/aromatic N) is 4. The third kappa shape index (κ3) is 8.51. The Balaban J connectivity index is 1.36. The Kier molecular flexibility index (Phi) is 12.1. The Morgan fingerprint density at radius 3 is 2.24 bits per heavy atom. The van der Waals surface area contributed by atoms with Gasteiger partial charge >= 0.3 is 0 Å². The molecule has 0 bridgehead atoms. The summed E-state index contributed by atoms with van der Waals surface area (Å²) in [5, 5.41) is 13.2. The Morgan fingerprint density at radius 1 is 0.959 bits per heavy atom. The van der Waals surface area contributed by atoms with E-state index in [2.05, 4.69) is 25.9 Å². The topological polar surface area (TPSA) is 129 Å². The van der Waals surface area contributed by atoms with Gasteiger partial charge in [0.05, 0.1) is 11.7 Å². The number of nitrogens with one attached hydrogen (secondary N) is 3. The van der Waals surface area contributed by atoms with Crippen molar-refractivity contribution in [1.29, 1.82) is 0 Å². The van der Waals surface area contributed by atoms with Crippen LogP contribution in [0.15, 0.2) is 30.5 Å². The summed E-state index contributed by atoms with van der Waals surface area (Å²) in [4.78, 5) is 58.0. The number of halogens is 1. The quantitative estimate of drug-likeness (QED) is 0.287. The first-order valence-corrected chi connectivity index (χ1v) is 18.3. The molecule has 1 aromatic carbocycles. The number of amides is 4. The van der Waals surface area contributed by atoms with Gasteiger partial charge in [-0.15, -0.1) is 0 Å². The zero-order valence-electron chi connectivity index (χ0n) is 29.6. The summed E-state index contributed by atoms with van der Waals surface area (Å²) >= 11 is 0. The van der Waals surface area contributed by atoms with Crippen LogP contribution in [0.1, 0.15) is 119 Å². The van der Waals surface area contributed by atoms with Crippen LogP contribution in [0.25, 0.3) is 0 Å². The fourth-order valence-corrected chi connectivity index (χ4v) is 7.69. The Labute approximate surface area is 289 Å². The molecular weight excluding hydrogens is 625 g/mol. The second-order valence-corrected chi connectivity index (χ2v) is 14.5. The molecule has 1 aromatic heterocycles. The minimum Gasteiger partial charge on any atom is -0.344 e. The summed E-state index contributed by atoms with van der Waals surface area (Å²) in [5.74, 6) is -2.59. The predicted octanol–water partition coefficient (Wildman–Crippen LogP) is 5.01. The van der Waals surface area contributed by atoms with Gasteiger partial charge in [-0.25, -0.2) is 4.39 Å². The minimum atomic E-state index is -1.30. The van der Waals surface area contributed by atoms with Crippen LogP contribution in [-0.4, -0.2) is 88.0 Å².